The highest BCUT2D eigenvalue weighted by Gasteiger charge is 2.46. The van der Waals surface area contributed by atoms with E-state index in [4.69, 9.17) is 9.47 Å². The van der Waals surface area contributed by atoms with Crippen molar-refractivity contribution in [3.8, 4) is 5.75 Å². The van der Waals surface area contributed by atoms with Gasteiger partial charge in [0.05, 0.1) is 31.4 Å². The predicted octanol–water partition coefficient (Wildman–Crippen LogP) is 3.68. The van der Waals surface area contributed by atoms with Crippen molar-refractivity contribution in [3.05, 3.63) is 70.5 Å². The first-order chi connectivity index (χ1) is 16.9. The number of morpholine rings is 1. The number of ether oxygens (including phenoxy) is 2. The van der Waals surface area contributed by atoms with Crippen molar-refractivity contribution in [1.29, 1.82) is 0 Å². The molecule has 2 fully saturated rings. The lowest BCUT2D eigenvalue weighted by Gasteiger charge is -2.29. The molecule has 2 heterocycles. The molecule has 1 amide bonds. The van der Waals surface area contributed by atoms with Crippen LogP contribution in [-0.4, -0.2) is 72.6 Å². The standard InChI is InChI=1S/C27H31FN2O5/c1-3-35-21-9-10-22(18(2)17-21)25(31)23-24(19-5-7-20(28)8-6-19)30(27(33)26(23)32)12-4-11-29-13-15-34-16-14-29/h5-10,17,24,31H,3-4,11-16H2,1-2H3/t24-/m1/s1. The van der Waals surface area contributed by atoms with E-state index in [-0.39, 0.29) is 11.3 Å². The van der Waals surface area contributed by atoms with Crippen molar-refractivity contribution in [1.82, 2.24) is 9.80 Å². The van der Waals surface area contributed by atoms with Crippen LogP contribution in [0.2, 0.25) is 0 Å². The number of benzene rings is 2. The maximum absolute atomic E-state index is 13.7. The summed E-state index contributed by atoms with van der Waals surface area (Å²) >= 11 is 0. The summed E-state index contributed by atoms with van der Waals surface area (Å²) in [5.41, 5.74) is 1.75. The highest BCUT2D eigenvalue weighted by molar-refractivity contribution is 6.46. The summed E-state index contributed by atoms with van der Waals surface area (Å²) in [5.74, 6) is -1.41. The van der Waals surface area contributed by atoms with Gasteiger partial charge in [0.15, 0.2) is 0 Å². The molecule has 35 heavy (non-hydrogen) atoms. The van der Waals surface area contributed by atoms with Crippen LogP contribution in [0, 0.1) is 12.7 Å². The third-order valence-electron chi connectivity index (χ3n) is 6.47. The van der Waals surface area contributed by atoms with Crippen molar-refractivity contribution in [3.63, 3.8) is 0 Å². The zero-order valence-corrected chi connectivity index (χ0v) is 20.1. The number of halogens is 1. The Hall–Kier alpha value is -3.23. The number of nitrogens with zero attached hydrogens (tertiary/aromatic N) is 2. The van der Waals surface area contributed by atoms with Crippen LogP contribution in [0.25, 0.3) is 5.76 Å². The zero-order valence-electron chi connectivity index (χ0n) is 20.1. The fraction of sp³-hybridized carbons (Fsp3) is 0.407. The third kappa shape index (κ3) is 5.39. The van der Waals surface area contributed by atoms with Crippen molar-refractivity contribution in [2.45, 2.75) is 26.3 Å². The number of likely N-dealkylation sites (tertiary alicyclic amines) is 1. The van der Waals surface area contributed by atoms with Crippen LogP contribution in [0.3, 0.4) is 0 Å². The number of hydrogen-bond donors (Lipinski definition) is 1. The molecule has 2 aromatic carbocycles. The van der Waals surface area contributed by atoms with Crippen molar-refractivity contribution >= 4 is 17.4 Å². The normalized spacial score (nSPS) is 20.4. The first kappa shape index (κ1) is 24.9. The fourth-order valence-corrected chi connectivity index (χ4v) is 4.70. The molecule has 2 aliphatic heterocycles. The molecule has 0 radical (unpaired) electrons. The Kier molecular flexibility index (Phi) is 7.83. The number of ketones is 1. The van der Waals surface area contributed by atoms with E-state index in [2.05, 4.69) is 4.90 Å². The molecule has 2 saturated heterocycles. The molecule has 0 unspecified atom stereocenters. The van der Waals surface area contributed by atoms with Crippen LogP contribution < -0.4 is 4.74 Å². The van der Waals surface area contributed by atoms with Gasteiger partial charge in [0.25, 0.3) is 11.7 Å². The van der Waals surface area contributed by atoms with Gasteiger partial charge in [-0.25, -0.2) is 4.39 Å². The predicted molar refractivity (Wildman–Crippen MR) is 130 cm³/mol. The Bertz CT molecular complexity index is 1110. The van der Waals surface area contributed by atoms with Gasteiger partial charge in [-0.2, -0.15) is 0 Å². The van der Waals surface area contributed by atoms with Crippen molar-refractivity contribution < 1.29 is 28.6 Å². The van der Waals surface area contributed by atoms with Gasteiger partial charge in [0.1, 0.15) is 17.3 Å². The van der Waals surface area contributed by atoms with Gasteiger partial charge >= 0.3 is 0 Å². The number of amides is 1. The quantitative estimate of drug-likeness (QED) is 0.351. The SMILES string of the molecule is CCOc1ccc(C(O)=C2C(=O)C(=O)N(CCCN3CCOCC3)[C@@H]2c2ccc(F)cc2)c(C)c1. The molecule has 0 bridgehead atoms. The van der Waals surface area contributed by atoms with E-state index in [1.165, 1.54) is 17.0 Å². The molecular formula is C27H31FN2O5. The maximum atomic E-state index is 13.7. The van der Waals surface area contributed by atoms with Crippen LogP contribution >= 0.6 is 0 Å². The molecule has 1 N–H and O–H groups in total. The van der Waals surface area contributed by atoms with Crippen LogP contribution in [0.15, 0.2) is 48.0 Å². The van der Waals surface area contributed by atoms with Crippen molar-refractivity contribution in [2.75, 3.05) is 46.0 Å². The van der Waals surface area contributed by atoms with Gasteiger partial charge in [-0.15, -0.1) is 0 Å². The zero-order chi connectivity index (χ0) is 24.9. The van der Waals surface area contributed by atoms with E-state index in [1.54, 1.807) is 30.3 Å². The molecule has 0 spiro atoms. The first-order valence-corrected chi connectivity index (χ1v) is 12.0. The average Bonchev–Trinajstić information content (AvgIpc) is 3.10. The van der Waals surface area contributed by atoms with E-state index in [1.807, 2.05) is 13.8 Å². The van der Waals surface area contributed by atoms with Gasteiger partial charge in [-0.1, -0.05) is 12.1 Å². The highest BCUT2D eigenvalue weighted by atomic mass is 19.1. The summed E-state index contributed by atoms with van der Waals surface area (Å²) < 4.78 is 24.6. The number of carbonyl (C=O) groups is 2. The van der Waals surface area contributed by atoms with E-state index in [0.29, 0.717) is 55.2 Å². The summed E-state index contributed by atoms with van der Waals surface area (Å²) in [5, 5.41) is 11.3. The second kappa shape index (κ2) is 11.0. The number of Topliss-reactive ketones (excluding diaryl/α,β-unsaturated/α-hetero) is 1. The summed E-state index contributed by atoms with van der Waals surface area (Å²) in [6.07, 6.45) is 0.660. The lowest BCUT2D eigenvalue weighted by Crippen LogP contribution is -2.38. The highest BCUT2D eigenvalue weighted by Crippen LogP contribution is 2.40. The van der Waals surface area contributed by atoms with Crippen molar-refractivity contribution in [2.24, 2.45) is 0 Å². The number of aliphatic hydroxyl groups is 1. The van der Waals surface area contributed by atoms with Gasteiger partial charge in [-0.05, 0) is 61.7 Å². The first-order valence-electron chi connectivity index (χ1n) is 12.0. The van der Waals surface area contributed by atoms with Crippen LogP contribution in [0.1, 0.15) is 36.1 Å². The summed E-state index contributed by atoms with van der Waals surface area (Å²) in [6, 6.07) is 10.1. The molecule has 0 aliphatic carbocycles. The van der Waals surface area contributed by atoms with Crippen LogP contribution in [0.5, 0.6) is 5.75 Å². The third-order valence-corrected chi connectivity index (χ3v) is 6.47. The lowest BCUT2D eigenvalue weighted by atomic mass is 9.94. The molecule has 186 valence electrons. The smallest absolute Gasteiger partial charge is 0.295 e. The Morgan fingerprint density at radius 3 is 2.49 bits per heavy atom. The fourth-order valence-electron chi connectivity index (χ4n) is 4.70. The molecule has 4 rings (SSSR count). The minimum absolute atomic E-state index is 0.0141. The molecule has 7 nitrogen and oxygen atoms in total. The molecule has 0 saturated carbocycles. The van der Waals surface area contributed by atoms with Gasteiger partial charge in [-0.3, -0.25) is 14.5 Å². The maximum Gasteiger partial charge on any atom is 0.295 e. The van der Waals surface area contributed by atoms with Crippen LogP contribution in [-0.2, 0) is 14.3 Å². The van der Waals surface area contributed by atoms with E-state index >= 15 is 0 Å². The summed E-state index contributed by atoms with van der Waals surface area (Å²) in [4.78, 5) is 30.1. The van der Waals surface area contributed by atoms with Gasteiger partial charge in [0, 0.05) is 31.7 Å². The van der Waals surface area contributed by atoms with Gasteiger partial charge < -0.3 is 19.5 Å². The second-order valence-electron chi connectivity index (χ2n) is 8.76. The number of aryl methyl sites for hydroxylation is 1. The second-order valence-corrected chi connectivity index (χ2v) is 8.76. The number of aliphatic hydroxyl groups excluding tert-OH is 1. The Morgan fingerprint density at radius 1 is 1.11 bits per heavy atom. The number of rotatable bonds is 8. The minimum atomic E-state index is -0.800. The molecule has 2 aliphatic rings. The topological polar surface area (TPSA) is 79.3 Å². The Balaban J connectivity index is 1.68. The van der Waals surface area contributed by atoms with Gasteiger partial charge in [0.2, 0.25) is 0 Å². The molecule has 0 aromatic heterocycles. The average molecular weight is 483 g/mol. The molecule has 1 atom stereocenters. The molecular weight excluding hydrogens is 451 g/mol. The number of carbonyl (C=O) groups excluding carboxylic acids is 2. The minimum Gasteiger partial charge on any atom is -0.507 e. The lowest BCUT2D eigenvalue weighted by molar-refractivity contribution is -0.140. The largest absolute Gasteiger partial charge is 0.507 e. The molecule has 8 heteroatoms. The Labute approximate surface area is 204 Å². The van der Waals surface area contributed by atoms with E-state index in [9.17, 15) is 19.1 Å². The summed E-state index contributed by atoms with van der Waals surface area (Å²) in [7, 11) is 0. The number of hydrogen-bond acceptors (Lipinski definition) is 6. The summed E-state index contributed by atoms with van der Waals surface area (Å²) in [6.45, 7) is 8.32. The van der Waals surface area contributed by atoms with E-state index < -0.39 is 23.5 Å². The van der Waals surface area contributed by atoms with E-state index in [0.717, 1.165) is 19.6 Å². The molecule has 2 aromatic rings. The van der Waals surface area contributed by atoms with Crippen LogP contribution in [0.4, 0.5) is 4.39 Å². The Morgan fingerprint density at radius 2 is 1.83 bits per heavy atom. The monoisotopic (exact) mass is 482 g/mol.